The van der Waals surface area contributed by atoms with E-state index in [-0.39, 0.29) is 18.5 Å². The van der Waals surface area contributed by atoms with Crippen molar-refractivity contribution in [2.45, 2.75) is 79.0 Å². The summed E-state index contributed by atoms with van der Waals surface area (Å²) in [6, 6.07) is 8.62. The van der Waals surface area contributed by atoms with Crippen LogP contribution in [0.5, 0.6) is 0 Å². The molecule has 5 N–H and O–H groups in total. The fourth-order valence-corrected chi connectivity index (χ4v) is 3.38. The van der Waals surface area contributed by atoms with Crippen LogP contribution >= 0.6 is 0 Å². The Labute approximate surface area is 204 Å². The number of nitrogens with one attached hydrogen (secondary N) is 2. The molecule has 1 aromatic rings. The van der Waals surface area contributed by atoms with Crippen molar-refractivity contribution in [3.05, 3.63) is 35.9 Å². The van der Waals surface area contributed by atoms with Gasteiger partial charge in [0.2, 0.25) is 11.8 Å². The van der Waals surface area contributed by atoms with Gasteiger partial charge < -0.3 is 26.4 Å². The third kappa shape index (κ3) is 10.5. The molecule has 1 unspecified atom stereocenters. The van der Waals surface area contributed by atoms with Crippen molar-refractivity contribution in [2.24, 2.45) is 23.5 Å². The fraction of sp³-hybridized carbons (Fsp3) is 0.654. The van der Waals surface area contributed by atoms with Gasteiger partial charge in [0.05, 0.1) is 18.7 Å². The molecule has 0 saturated carbocycles. The van der Waals surface area contributed by atoms with Crippen molar-refractivity contribution in [2.75, 3.05) is 13.1 Å². The van der Waals surface area contributed by atoms with Crippen LogP contribution in [-0.2, 0) is 16.0 Å². The SMILES string of the molecule is CC(C)CCN(CC(O)[C@H](Cc1ccccc1)NC(=O)[C@@H](C)[C@@H](C)C(N)=O)C(=O)NC(C)(C)C. The first-order chi connectivity index (χ1) is 15.7. The number of primary amides is 1. The van der Waals surface area contributed by atoms with Crippen LogP contribution in [0.2, 0.25) is 0 Å². The molecule has 0 fully saturated rings. The summed E-state index contributed by atoms with van der Waals surface area (Å²) in [7, 11) is 0. The van der Waals surface area contributed by atoms with Gasteiger partial charge in [-0.3, -0.25) is 9.59 Å². The molecule has 8 nitrogen and oxygen atoms in total. The number of carbonyl (C=O) groups is 3. The number of rotatable bonds is 12. The third-order valence-electron chi connectivity index (χ3n) is 5.86. The van der Waals surface area contributed by atoms with Crippen LogP contribution in [0.25, 0.3) is 0 Å². The van der Waals surface area contributed by atoms with Crippen molar-refractivity contribution >= 4 is 17.8 Å². The Hall–Kier alpha value is -2.61. The molecule has 34 heavy (non-hydrogen) atoms. The summed E-state index contributed by atoms with van der Waals surface area (Å²) in [6.07, 6.45) is 0.149. The standard InChI is InChI=1S/C26H44N4O4/c1-17(2)13-14-30(25(34)29-26(5,6)7)16-22(31)21(15-20-11-9-8-10-12-20)28-24(33)19(4)18(3)23(27)32/h8-12,17-19,21-22,31H,13-16H2,1-7H3,(H2,27,32)(H,28,33)(H,29,34)/t18-,19+,21+,22?/m1/s1. The average Bonchev–Trinajstić information content (AvgIpc) is 2.73. The van der Waals surface area contributed by atoms with Gasteiger partial charge >= 0.3 is 6.03 Å². The molecule has 1 aromatic carbocycles. The molecule has 4 atom stereocenters. The van der Waals surface area contributed by atoms with Crippen molar-refractivity contribution in [3.63, 3.8) is 0 Å². The lowest BCUT2D eigenvalue weighted by atomic mass is 9.93. The van der Waals surface area contributed by atoms with E-state index in [1.165, 1.54) is 0 Å². The van der Waals surface area contributed by atoms with Gasteiger partial charge in [-0.2, -0.15) is 0 Å². The normalized spacial score (nSPS) is 15.2. The van der Waals surface area contributed by atoms with Gasteiger partial charge in [-0.1, -0.05) is 58.0 Å². The third-order valence-corrected chi connectivity index (χ3v) is 5.86. The van der Waals surface area contributed by atoms with Gasteiger partial charge in [0.15, 0.2) is 0 Å². The quantitative estimate of drug-likeness (QED) is 0.370. The molecule has 0 bridgehead atoms. The van der Waals surface area contributed by atoms with Crippen LogP contribution in [0, 0.1) is 17.8 Å². The first-order valence-corrected chi connectivity index (χ1v) is 12.1. The number of aliphatic hydroxyl groups is 1. The summed E-state index contributed by atoms with van der Waals surface area (Å²) < 4.78 is 0. The van der Waals surface area contributed by atoms with Crippen molar-refractivity contribution in [3.8, 4) is 0 Å². The molecule has 0 aliphatic carbocycles. The number of carbonyl (C=O) groups excluding carboxylic acids is 3. The highest BCUT2D eigenvalue weighted by molar-refractivity contribution is 5.86. The van der Waals surface area contributed by atoms with Crippen molar-refractivity contribution in [1.29, 1.82) is 0 Å². The van der Waals surface area contributed by atoms with Gasteiger partial charge in [0, 0.05) is 23.9 Å². The summed E-state index contributed by atoms with van der Waals surface area (Å²) >= 11 is 0. The average molecular weight is 477 g/mol. The van der Waals surface area contributed by atoms with Crippen LogP contribution in [0.4, 0.5) is 4.79 Å². The van der Waals surface area contributed by atoms with E-state index in [1.807, 2.05) is 51.1 Å². The van der Waals surface area contributed by atoms with E-state index in [2.05, 4.69) is 24.5 Å². The number of urea groups is 1. The van der Waals surface area contributed by atoms with Gasteiger partial charge in [-0.25, -0.2) is 4.79 Å². The maximum atomic E-state index is 12.9. The highest BCUT2D eigenvalue weighted by atomic mass is 16.3. The second-order valence-electron chi connectivity index (χ2n) is 10.7. The number of amides is 4. The van der Waals surface area contributed by atoms with Crippen molar-refractivity contribution in [1.82, 2.24) is 15.5 Å². The Bertz CT molecular complexity index is 792. The van der Waals surface area contributed by atoms with E-state index in [4.69, 9.17) is 5.73 Å². The van der Waals surface area contributed by atoms with E-state index in [9.17, 15) is 19.5 Å². The molecule has 0 aliphatic rings. The predicted octanol–water partition coefficient (Wildman–Crippen LogP) is 2.69. The Balaban J connectivity index is 3.09. The van der Waals surface area contributed by atoms with Crippen LogP contribution in [-0.4, -0.2) is 58.6 Å². The Morgan fingerprint density at radius 1 is 1.03 bits per heavy atom. The monoisotopic (exact) mass is 476 g/mol. The van der Waals surface area contributed by atoms with Gasteiger partial charge in [0.1, 0.15) is 0 Å². The Kier molecular flexibility index (Phi) is 11.5. The zero-order valence-electron chi connectivity index (χ0n) is 21.8. The zero-order chi connectivity index (χ0) is 26.1. The van der Waals surface area contributed by atoms with E-state index in [1.54, 1.807) is 18.7 Å². The lowest BCUT2D eigenvalue weighted by Crippen LogP contribution is -2.55. The minimum absolute atomic E-state index is 0.0617. The highest BCUT2D eigenvalue weighted by Crippen LogP contribution is 2.15. The molecular weight excluding hydrogens is 432 g/mol. The molecular formula is C26H44N4O4. The summed E-state index contributed by atoms with van der Waals surface area (Å²) in [5.74, 6) is -1.82. The van der Waals surface area contributed by atoms with Gasteiger partial charge in [-0.15, -0.1) is 0 Å². The highest BCUT2D eigenvalue weighted by Gasteiger charge is 2.31. The van der Waals surface area contributed by atoms with E-state index < -0.39 is 35.4 Å². The summed E-state index contributed by atoms with van der Waals surface area (Å²) in [6.45, 7) is 13.7. The van der Waals surface area contributed by atoms with E-state index in [0.29, 0.717) is 18.9 Å². The summed E-state index contributed by atoms with van der Waals surface area (Å²) in [5.41, 5.74) is 5.90. The fourth-order valence-electron chi connectivity index (χ4n) is 3.38. The summed E-state index contributed by atoms with van der Waals surface area (Å²) in [5, 5.41) is 17.1. The minimum Gasteiger partial charge on any atom is -0.389 e. The molecule has 0 saturated heterocycles. The number of nitrogens with zero attached hydrogens (tertiary/aromatic N) is 1. The zero-order valence-corrected chi connectivity index (χ0v) is 21.8. The summed E-state index contributed by atoms with van der Waals surface area (Å²) in [4.78, 5) is 39.0. The Morgan fingerprint density at radius 3 is 2.12 bits per heavy atom. The van der Waals surface area contributed by atoms with Gasteiger partial charge in [0.25, 0.3) is 0 Å². The molecule has 0 radical (unpaired) electrons. The molecule has 0 aliphatic heterocycles. The lowest BCUT2D eigenvalue weighted by molar-refractivity contribution is -0.133. The number of aliphatic hydroxyl groups excluding tert-OH is 1. The van der Waals surface area contributed by atoms with Gasteiger partial charge in [-0.05, 0) is 45.1 Å². The van der Waals surface area contributed by atoms with E-state index >= 15 is 0 Å². The lowest BCUT2D eigenvalue weighted by Gasteiger charge is -2.33. The van der Waals surface area contributed by atoms with E-state index in [0.717, 1.165) is 12.0 Å². The topological polar surface area (TPSA) is 125 Å². The van der Waals surface area contributed by atoms with Crippen LogP contribution in [0.3, 0.4) is 0 Å². The van der Waals surface area contributed by atoms with Crippen LogP contribution in [0.15, 0.2) is 30.3 Å². The second kappa shape index (κ2) is 13.3. The maximum Gasteiger partial charge on any atom is 0.317 e. The smallest absolute Gasteiger partial charge is 0.317 e. The minimum atomic E-state index is -1.02. The second-order valence-corrected chi connectivity index (χ2v) is 10.7. The largest absolute Gasteiger partial charge is 0.389 e. The predicted molar refractivity (Wildman–Crippen MR) is 135 cm³/mol. The van der Waals surface area contributed by atoms with Crippen LogP contribution < -0.4 is 16.4 Å². The molecule has 8 heteroatoms. The number of hydrogen-bond donors (Lipinski definition) is 4. The van der Waals surface area contributed by atoms with Crippen molar-refractivity contribution < 1.29 is 19.5 Å². The number of hydrogen-bond acceptors (Lipinski definition) is 4. The molecule has 0 aromatic heterocycles. The molecule has 192 valence electrons. The molecule has 4 amide bonds. The maximum absolute atomic E-state index is 12.9. The molecule has 1 rings (SSSR count). The first kappa shape index (κ1) is 29.4. The first-order valence-electron chi connectivity index (χ1n) is 12.1. The molecule has 0 heterocycles. The number of nitrogens with two attached hydrogens (primary N) is 1. The number of benzene rings is 1. The molecule has 0 spiro atoms. The van der Waals surface area contributed by atoms with Crippen LogP contribution in [0.1, 0.15) is 60.5 Å². The Morgan fingerprint density at radius 2 is 1.62 bits per heavy atom.